The van der Waals surface area contributed by atoms with E-state index in [1.54, 1.807) is 20.1 Å². The summed E-state index contributed by atoms with van der Waals surface area (Å²) >= 11 is 6.51. The molecule has 1 spiro atoms. The lowest BCUT2D eigenvalue weighted by molar-refractivity contribution is -0.0441. The van der Waals surface area contributed by atoms with Crippen LogP contribution in [0, 0.1) is 29.6 Å². The lowest BCUT2D eigenvalue weighted by atomic mass is 9.64. The highest BCUT2D eigenvalue weighted by Crippen LogP contribution is 2.49. The number of allylic oxidation sites excluding steroid dienone is 1. The van der Waals surface area contributed by atoms with E-state index in [0.29, 0.717) is 36.9 Å². The fourth-order valence-corrected chi connectivity index (χ4v) is 11.6. The van der Waals surface area contributed by atoms with Crippen molar-refractivity contribution in [1.82, 2.24) is 14.5 Å². The third-order valence-corrected chi connectivity index (χ3v) is 16.0. The Bertz CT molecular complexity index is 2000. The summed E-state index contributed by atoms with van der Waals surface area (Å²) in [6, 6.07) is 12.0. The van der Waals surface area contributed by atoms with Gasteiger partial charge in [-0.1, -0.05) is 42.5 Å². The molecule has 302 valence electrons. The highest BCUT2D eigenvalue weighted by Gasteiger charge is 2.49. The summed E-state index contributed by atoms with van der Waals surface area (Å²) in [4.78, 5) is 21.1. The molecule has 6 aliphatic rings. The number of fused-ring (bicyclic) bond motifs is 5. The number of sulfonamides is 1. The molecule has 0 aromatic heterocycles. The summed E-state index contributed by atoms with van der Waals surface area (Å²) in [6.45, 7) is 12.1. The molecule has 1 amide bonds. The highest BCUT2D eigenvalue weighted by molar-refractivity contribution is 7.90. The van der Waals surface area contributed by atoms with Gasteiger partial charge in [0.05, 0.1) is 30.8 Å². The molecule has 1 saturated carbocycles. The van der Waals surface area contributed by atoms with Crippen LogP contribution in [-0.4, -0.2) is 114 Å². The van der Waals surface area contributed by atoms with E-state index in [2.05, 4.69) is 55.5 Å². The molecule has 8 rings (SSSR count). The smallest absolute Gasteiger partial charge is 0.264 e. The maximum Gasteiger partial charge on any atom is 0.264 e. The number of benzene rings is 2. The van der Waals surface area contributed by atoms with Crippen molar-refractivity contribution < 1.29 is 27.4 Å². The first-order valence-corrected chi connectivity index (χ1v) is 22.6. The second-order valence-corrected chi connectivity index (χ2v) is 19.6. The standard InChI is InChI=1S/C44H57ClN4O6S/c1-31-8-6-18-44(53-3,17-4-5-19-47-20-21-48-22-23-54-28-37(48)27-47)39-13-10-35(39)26-49-29-43(16-7-9-33-24-36(45)12-14-38(33)43)30-55-41-15-11-34(25-40(41)49)42(50)46-56(51,52)32(31)2/h6,11-12,14-15,18,24-25,31-32,35,37,39H,5,7-10,13,16,19-23,26-30H2,1-3H3,(H,46,50)/t31-,32+,35-,37-,39+,43-,44-/m0/s1. The Kier molecular flexibility index (Phi) is 11.5. The van der Waals surface area contributed by atoms with Crippen LogP contribution >= 0.6 is 11.6 Å². The highest BCUT2D eigenvalue weighted by atomic mass is 35.5. The molecule has 7 atom stereocenters. The van der Waals surface area contributed by atoms with Crippen molar-refractivity contribution >= 4 is 33.2 Å². The number of aryl methyl sites for hydroxylation is 1. The molecule has 0 unspecified atom stereocenters. The molecule has 12 heteroatoms. The van der Waals surface area contributed by atoms with Crippen LogP contribution in [0.2, 0.25) is 5.02 Å². The van der Waals surface area contributed by atoms with E-state index < -0.39 is 26.8 Å². The van der Waals surface area contributed by atoms with Gasteiger partial charge in [0.1, 0.15) is 11.4 Å². The van der Waals surface area contributed by atoms with Gasteiger partial charge in [-0.2, -0.15) is 0 Å². The zero-order valence-corrected chi connectivity index (χ0v) is 34.7. The fourth-order valence-electron chi connectivity index (χ4n) is 10.1. The molecule has 3 fully saturated rings. The Morgan fingerprint density at radius 3 is 2.79 bits per heavy atom. The molecule has 1 N–H and O–H groups in total. The van der Waals surface area contributed by atoms with Crippen LogP contribution in [0.5, 0.6) is 5.75 Å². The lowest BCUT2D eigenvalue weighted by Crippen LogP contribution is -2.58. The summed E-state index contributed by atoms with van der Waals surface area (Å²) in [6.07, 6.45) is 10.3. The van der Waals surface area contributed by atoms with Gasteiger partial charge in [0.25, 0.3) is 5.91 Å². The van der Waals surface area contributed by atoms with Crippen molar-refractivity contribution in [3.05, 3.63) is 70.3 Å². The van der Waals surface area contributed by atoms with Gasteiger partial charge >= 0.3 is 0 Å². The average Bonchev–Trinajstić information content (AvgIpc) is 3.33. The number of hydrogen-bond acceptors (Lipinski definition) is 9. The molecule has 4 heterocycles. The predicted molar refractivity (Wildman–Crippen MR) is 220 cm³/mol. The number of amides is 1. The minimum absolute atomic E-state index is 0.121. The maximum absolute atomic E-state index is 13.7. The number of nitrogens with one attached hydrogen (secondary N) is 1. The van der Waals surface area contributed by atoms with Gasteiger partial charge in [-0.15, -0.1) is 0 Å². The summed E-state index contributed by atoms with van der Waals surface area (Å²) < 4.78 is 48.6. The molecule has 4 aliphatic heterocycles. The maximum atomic E-state index is 13.7. The van der Waals surface area contributed by atoms with Gasteiger partial charge < -0.3 is 19.1 Å². The SMILES string of the molecule is CO[C@@]1(C#CCCN2CCN3CCOC[C@@H]3C2)C=CC[C@H](C)[C@@H](C)S(=O)(=O)NC(=O)c2ccc3c(c2)N(C[C@@H]2CC[C@H]21)C[C@@]1(CCCc2cc(Cl)ccc21)CO3. The second kappa shape index (κ2) is 16.3. The van der Waals surface area contributed by atoms with Crippen LogP contribution in [0.25, 0.3) is 0 Å². The zero-order valence-electron chi connectivity index (χ0n) is 33.1. The summed E-state index contributed by atoms with van der Waals surface area (Å²) in [7, 11) is -2.21. The van der Waals surface area contributed by atoms with Crippen LogP contribution in [0.3, 0.4) is 0 Å². The number of piperazine rings is 1. The zero-order chi connectivity index (χ0) is 39.1. The van der Waals surface area contributed by atoms with Gasteiger partial charge in [0.2, 0.25) is 10.0 Å². The molecule has 0 radical (unpaired) electrons. The normalized spacial score (nSPS) is 33.3. The number of morpholine rings is 1. The number of ether oxygens (including phenoxy) is 3. The van der Waals surface area contributed by atoms with Crippen LogP contribution < -0.4 is 14.4 Å². The third-order valence-electron chi connectivity index (χ3n) is 13.8. The number of halogens is 1. The number of rotatable bonds is 3. The molecule has 2 saturated heterocycles. The van der Waals surface area contributed by atoms with Gasteiger partial charge in [0.15, 0.2) is 0 Å². The minimum atomic E-state index is -3.98. The lowest BCUT2D eigenvalue weighted by Gasteiger charge is -2.48. The summed E-state index contributed by atoms with van der Waals surface area (Å²) in [5, 5.41) is -0.0689. The van der Waals surface area contributed by atoms with Crippen molar-refractivity contribution in [2.24, 2.45) is 17.8 Å². The number of nitrogens with zero attached hydrogens (tertiary/aromatic N) is 3. The van der Waals surface area contributed by atoms with E-state index in [1.165, 1.54) is 11.1 Å². The van der Waals surface area contributed by atoms with Crippen LogP contribution in [0.1, 0.15) is 73.9 Å². The van der Waals surface area contributed by atoms with E-state index >= 15 is 0 Å². The van der Waals surface area contributed by atoms with Crippen LogP contribution in [0.15, 0.2) is 48.6 Å². The summed E-state index contributed by atoms with van der Waals surface area (Å²) in [5.74, 6) is 7.41. The Hall–Kier alpha value is -3.11. The molecular weight excluding hydrogens is 748 g/mol. The molecule has 2 aromatic rings. The van der Waals surface area contributed by atoms with E-state index in [1.807, 2.05) is 25.1 Å². The van der Waals surface area contributed by atoms with E-state index in [0.717, 1.165) is 102 Å². The Balaban J connectivity index is 1.13. The van der Waals surface area contributed by atoms with Gasteiger partial charge in [-0.3, -0.25) is 14.6 Å². The Labute approximate surface area is 338 Å². The van der Waals surface area contributed by atoms with Crippen LogP contribution in [0.4, 0.5) is 5.69 Å². The van der Waals surface area contributed by atoms with Crippen molar-refractivity contribution in [3.8, 4) is 17.6 Å². The number of hydrogen-bond donors (Lipinski definition) is 1. The Morgan fingerprint density at radius 1 is 1.09 bits per heavy atom. The monoisotopic (exact) mass is 804 g/mol. The molecule has 2 bridgehead atoms. The number of anilines is 1. The van der Waals surface area contributed by atoms with E-state index in [9.17, 15) is 13.2 Å². The first-order valence-electron chi connectivity index (χ1n) is 20.6. The second-order valence-electron chi connectivity index (χ2n) is 17.1. The van der Waals surface area contributed by atoms with Crippen molar-refractivity contribution in [3.63, 3.8) is 0 Å². The number of carbonyl (C=O) groups is 1. The number of methoxy groups -OCH3 is 1. The largest absolute Gasteiger partial charge is 0.490 e. The van der Waals surface area contributed by atoms with E-state index in [-0.39, 0.29) is 23.2 Å². The summed E-state index contributed by atoms with van der Waals surface area (Å²) in [5.41, 5.74) is 2.50. The molecule has 2 aliphatic carbocycles. The van der Waals surface area contributed by atoms with Crippen molar-refractivity contribution in [2.75, 3.05) is 77.6 Å². The predicted octanol–water partition coefficient (Wildman–Crippen LogP) is 5.68. The van der Waals surface area contributed by atoms with E-state index in [4.69, 9.17) is 25.8 Å². The van der Waals surface area contributed by atoms with Gasteiger partial charge in [-0.25, -0.2) is 13.1 Å². The minimum Gasteiger partial charge on any atom is -0.490 e. The fraction of sp³-hybridized carbons (Fsp3) is 0.614. The van der Waals surface area contributed by atoms with Gasteiger partial charge in [-0.05, 0) is 105 Å². The molecule has 2 aromatic carbocycles. The van der Waals surface area contributed by atoms with Crippen molar-refractivity contribution in [1.29, 1.82) is 0 Å². The molecular formula is C44H57ClN4O6S. The van der Waals surface area contributed by atoms with Crippen LogP contribution in [-0.2, 0) is 31.3 Å². The third kappa shape index (κ3) is 7.87. The average molecular weight is 805 g/mol. The van der Waals surface area contributed by atoms with Gasteiger partial charge in [0, 0.05) is 87.3 Å². The molecule has 56 heavy (non-hydrogen) atoms. The quantitative estimate of drug-likeness (QED) is 0.311. The number of carbonyl (C=O) groups excluding carboxylic acids is 1. The first kappa shape index (κ1) is 39.7. The molecule has 10 nitrogen and oxygen atoms in total. The first-order chi connectivity index (χ1) is 27.0. The topological polar surface area (TPSA) is 101 Å². The Morgan fingerprint density at radius 2 is 1.96 bits per heavy atom. The van der Waals surface area contributed by atoms with Crippen molar-refractivity contribution in [2.45, 2.75) is 81.1 Å².